The Morgan fingerprint density at radius 3 is 2.50 bits per heavy atom. The zero-order valence-electron chi connectivity index (χ0n) is 5.10. The normalized spacial score (nSPS) is 12.9. The van der Waals surface area contributed by atoms with E-state index in [-0.39, 0.29) is 11.9 Å². The number of carbonyl (C=O) groups is 1. The lowest BCUT2D eigenvalue weighted by molar-refractivity contribution is -0.119. The van der Waals surface area contributed by atoms with Crippen molar-refractivity contribution in [2.24, 2.45) is 0 Å². The highest BCUT2D eigenvalue weighted by molar-refractivity contribution is 7.80. The second-order valence-corrected chi connectivity index (χ2v) is 2.10. The molecule has 0 fully saturated rings. The Bertz CT molecular complexity index is 84.5. The molecule has 0 aromatic rings. The predicted molar refractivity (Wildman–Crippen MR) is 35.7 cm³/mol. The Kier molecular flexibility index (Phi) is 3.69. The van der Waals surface area contributed by atoms with Gasteiger partial charge < -0.3 is 5.32 Å². The molecular weight excluding hydrogens is 122 g/mol. The van der Waals surface area contributed by atoms with Crippen molar-refractivity contribution in [1.29, 1.82) is 0 Å². The maximum Gasteiger partial charge on any atom is 0.217 e. The maximum absolute atomic E-state index is 10.3. The average Bonchev–Trinajstić information content (AvgIpc) is 1.65. The number of nitrogens with one attached hydrogen (secondary N) is 1. The monoisotopic (exact) mass is 132 g/mol. The maximum atomic E-state index is 10.3. The lowest BCUT2D eigenvalue weighted by atomic mass is 10.4. The molecule has 0 saturated heterocycles. The van der Waals surface area contributed by atoms with E-state index in [1.807, 2.05) is 6.92 Å². The lowest BCUT2D eigenvalue weighted by Crippen LogP contribution is -2.31. The van der Waals surface area contributed by atoms with Crippen LogP contribution in [-0.2, 0) is 4.79 Å². The number of carbonyl (C=O) groups excluding carboxylic acids is 1. The van der Waals surface area contributed by atoms with Gasteiger partial charge in [0.1, 0.15) is 0 Å². The van der Waals surface area contributed by atoms with Gasteiger partial charge in [-0.2, -0.15) is 0 Å². The first-order valence-corrected chi connectivity index (χ1v) is 3.09. The van der Waals surface area contributed by atoms with Gasteiger partial charge in [-0.1, -0.05) is 12.6 Å². The molecule has 0 unspecified atom stereocenters. The van der Waals surface area contributed by atoms with Gasteiger partial charge in [0.15, 0.2) is 0 Å². The van der Waals surface area contributed by atoms with E-state index < -0.39 is 0 Å². The minimum atomic E-state index is -0.0117. The van der Waals surface area contributed by atoms with Crippen LogP contribution in [0.5, 0.6) is 0 Å². The number of amides is 1. The van der Waals surface area contributed by atoms with E-state index in [9.17, 15) is 4.79 Å². The fourth-order valence-electron chi connectivity index (χ4n) is 0.389. The molecule has 1 N–H and O–H groups in total. The highest BCUT2D eigenvalue weighted by Gasteiger charge is 1.97. The molecule has 0 rings (SSSR count). The van der Waals surface area contributed by atoms with Gasteiger partial charge in [0.2, 0.25) is 5.91 Å². The van der Waals surface area contributed by atoms with Gasteiger partial charge in [0.25, 0.3) is 0 Å². The van der Waals surface area contributed by atoms with Gasteiger partial charge in [-0.05, 0) is 6.92 Å². The molecule has 0 heterocycles. The van der Waals surface area contributed by atoms with Gasteiger partial charge in [-0.25, -0.2) is 0 Å². The molecule has 0 spiro atoms. The summed E-state index contributed by atoms with van der Waals surface area (Å²) in [7, 11) is 0. The summed E-state index contributed by atoms with van der Waals surface area (Å²) in [5, 5.41) is 2.65. The van der Waals surface area contributed by atoms with Gasteiger partial charge in [0, 0.05) is 18.7 Å². The second kappa shape index (κ2) is 3.78. The fourth-order valence-corrected chi connectivity index (χ4v) is 0.472. The van der Waals surface area contributed by atoms with Gasteiger partial charge in [-0.3, -0.25) is 4.79 Å². The molecule has 0 aromatic heterocycles. The SMILES string of the molecule is CC(=O)N[C@H](C)C[S]. The molecular formula is C5H10NOS. The minimum Gasteiger partial charge on any atom is -0.353 e. The highest BCUT2D eigenvalue weighted by atomic mass is 32.1. The molecule has 0 aliphatic rings. The third-order valence-corrected chi connectivity index (χ3v) is 1.20. The van der Waals surface area contributed by atoms with E-state index >= 15 is 0 Å². The average molecular weight is 132 g/mol. The van der Waals surface area contributed by atoms with Crippen LogP contribution in [0, 0.1) is 0 Å². The predicted octanol–water partition coefficient (Wildman–Crippen LogP) is 0.709. The summed E-state index contributed by atoms with van der Waals surface area (Å²) in [5.41, 5.74) is 0. The first kappa shape index (κ1) is 7.82. The standard InChI is InChI=1S/C5H10NOS/c1-4(3-8)6-5(2)7/h4H,3H2,1-2H3,(H,6,7)/t4-/m1/s1. The van der Waals surface area contributed by atoms with Crippen molar-refractivity contribution in [2.75, 3.05) is 5.75 Å². The van der Waals surface area contributed by atoms with Crippen LogP contribution in [0.25, 0.3) is 0 Å². The van der Waals surface area contributed by atoms with E-state index in [0.717, 1.165) is 0 Å². The molecule has 8 heavy (non-hydrogen) atoms. The summed E-state index contributed by atoms with van der Waals surface area (Å²) < 4.78 is 0. The Morgan fingerprint density at radius 1 is 1.88 bits per heavy atom. The summed E-state index contributed by atoms with van der Waals surface area (Å²) in [5.74, 6) is 0.571. The van der Waals surface area contributed by atoms with E-state index in [1.54, 1.807) is 0 Å². The zero-order chi connectivity index (χ0) is 6.57. The molecule has 0 aromatic carbocycles. The van der Waals surface area contributed by atoms with Gasteiger partial charge in [0.05, 0.1) is 0 Å². The Labute approximate surface area is 55.1 Å². The largest absolute Gasteiger partial charge is 0.353 e. The topological polar surface area (TPSA) is 29.1 Å². The van der Waals surface area contributed by atoms with Crippen molar-refractivity contribution in [3.63, 3.8) is 0 Å². The van der Waals surface area contributed by atoms with Crippen LogP contribution in [0.3, 0.4) is 0 Å². The molecule has 3 heteroatoms. The summed E-state index contributed by atoms with van der Waals surface area (Å²) in [4.78, 5) is 10.3. The third-order valence-electron chi connectivity index (χ3n) is 0.700. The molecule has 1 atom stereocenters. The van der Waals surface area contributed by atoms with Crippen molar-refractivity contribution < 1.29 is 4.79 Å². The second-order valence-electron chi connectivity index (χ2n) is 1.77. The van der Waals surface area contributed by atoms with Crippen LogP contribution in [-0.4, -0.2) is 17.7 Å². The quantitative estimate of drug-likeness (QED) is 0.589. The van der Waals surface area contributed by atoms with Gasteiger partial charge in [-0.15, -0.1) is 0 Å². The molecule has 47 valence electrons. The molecule has 1 radical (unpaired) electrons. The van der Waals surface area contributed by atoms with Crippen molar-refractivity contribution in [3.8, 4) is 0 Å². The van der Waals surface area contributed by atoms with Crippen LogP contribution >= 0.6 is 12.6 Å². The first-order valence-electron chi connectivity index (χ1n) is 2.52. The summed E-state index contributed by atoms with van der Waals surface area (Å²) in [6.45, 7) is 3.37. The molecule has 0 aliphatic carbocycles. The fraction of sp³-hybridized carbons (Fsp3) is 0.800. The minimum absolute atomic E-state index is 0.0117. The molecule has 2 nitrogen and oxygen atoms in total. The lowest BCUT2D eigenvalue weighted by Gasteiger charge is -2.06. The smallest absolute Gasteiger partial charge is 0.217 e. The van der Waals surface area contributed by atoms with Crippen LogP contribution < -0.4 is 5.32 Å². The third kappa shape index (κ3) is 3.99. The number of rotatable bonds is 2. The number of hydrogen-bond acceptors (Lipinski definition) is 1. The summed E-state index contributed by atoms with van der Waals surface area (Å²) in [6, 6.07) is 0.141. The Balaban J connectivity index is 3.24. The summed E-state index contributed by atoms with van der Waals surface area (Å²) >= 11 is 4.68. The van der Waals surface area contributed by atoms with E-state index in [1.165, 1.54) is 6.92 Å². The summed E-state index contributed by atoms with van der Waals surface area (Å²) in [6.07, 6.45) is 0. The molecule has 1 amide bonds. The first-order chi connectivity index (χ1) is 3.66. The number of hydrogen-bond donors (Lipinski definition) is 1. The Hall–Kier alpha value is -0.180. The van der Waals surface area contributed by atoms with Gasteiger partial charge >= 0.3 is 0 Å². The molecule has 0 saturated carbocycles. The highest BCUT2D eigenvalue weighted by Crippen LogP contribution is 1.83. The van der Waals surface area contributed by atoms with Crippen LogP contribution in [0.15, 0.2) is 0 Å². The van der Waals surface area contributed by atoms with E-state index in [4.69, 9.17) is 0 Å². The van der Waals surface area contributed by atoms with Crippen LogP contribution in [0.4, 0.5) is 0 Å². The van der Waals surface area contributed by atoms with Crippen molar-refractivity contribution in [3.05, 3.63) is 0 Å². The van der Waals surface area contributed by atoms with Crippen molar-refractivity contribution >= 4 is 18.5 Å². The van der Waals surface area contributed by atoms with E-state index in [2.05, 4.69) is 17.9 Å². The molecule has 0 bridgehead atoms. The zero-order valence-corrected chi connectivity index (χ0v) is 5.92. The van der Waals surface area contributed by atoms with Crippen LogP contribution in [0.1, 0.15) is 13.8 Å². The Morgan fingerprint density at radius 2 is 2.38 bits per heavy atom. The van der Waals surface area contributed by atoms with E-state index in [0.29, 0.717) is 5.75 Å². The molecule has 0 aliphatic heterocycles. The van der Waals surface area contributed by atoms with Crippen LogP contribution in [0.2, 0.25) is 0 Å². The van der Waals surface area contributed by atoms with Crippen molar-refractivity contribution in [2.45, 2.75) is 19.9 Å². The van der Waals surface area contributed by atoms with Crippen molar-refractivity contribution in [1.82, 2.24) is 5.32 Å².